The van der Waals surface area contributed by atoms with E-state index in [2.05, 4.69) is 48.2 Å². The molecule has 2 saturated heterocycles. The number of aliphatic hydroxyl groups is 2. The van der Waals surface area contributed by atoms with Crippen LogP contribution in [-0.4, -0.2) is 40.9 Å². The molecule has 44 heavy (non-hydrogen) atoms. The van der Waals surface area contributed by atoms with E-state index in [-0.39, 0.29) is 24.7 Å². The Hall–Kier alpha value is -3.07. The highest BCUT2D eigenvalue weighted by Crippen LogP contribution is 2.43. The molecule has 6 nitrogen and oxygen atoms in total. The monoisotopic (exact) mass is 612 g/mol. The normalized spacial score (nSPS) is 23.8. The van der Waals surface area contributed by atoms with E-state index in [1.165, 1.54) is 0 Å². The molecule has 2 fully saturated rings. The molecule has 0 spiro atoms. The van der Waals surface area contributed by atoms with Gasteiger partial charge in [-0.05, 0) is 64.4 Å². The molecular formula is C37H41ClN2O4. The Kier molecular flexibility index (Phi) is 9.50. The van der Waals surface area contributed by atoms with Gasteiger partial charge in [-0.2, -0.15) is 0 Å². The maximum atomic E-state index is 11.4. The van der Waals surface area contributed by atoms with Crippen molar-refractivity contribution in [2.75, 3.05) is 19.6 Å². The SMILES string of the molecule is C[C@@H]1[C@H](CN2CCC(O)(c3ccc(Cl)cc3)CC2)O[C@H](c2ccc(-c3cccc(CN)c3)cc2)O[C@@H]1c1ccc(CO)cc1. The molecule has 0 unspecified atom stereocenters. The quantitative estimate of drug-likeness (QED) is 0.204. The minimum absolute atomic E-state index is 0.00752. The Bertz CT molecular complexity index is 1520. The van der Waals surface area contributed by atoms with Gasteiger partial charge in [-0.3, -0.25) is 0 Å². The second kappa shape index (κ2) is 13.5. The second-order valence-electron chi connectivity index (χ2n) is 12.2. The first-order valence-corrected chi connectivity index (χ1v) is 15.8. The maximum Gasteiger partial charge on any atom is 0.184 e. The zero-order chi connectivity index (χ0) is 30.7. The van der Waals surface area contributed by atoms with Crippen molar-refractivity contribution in [3.8, 4) is 11.1 Å². The Morgan fingerprint density at radius 3 is 2.18 bits per heavy atom. The number of hydrogen-bond donors (Lipinski definition) is 3. The highest BCUT2D eigenvalue weighted by molar-refractivity contribution is 6.30. The lowest BCUT2D eigenvalue weighted by Crippen LogP contribution is -2.49. The van der Waals surface area contributed by atoms with Crippen molar-refractivity contribution in [2.45, 2.75) is 57.0 Å². The molecular weight excluding hydrogens is 572 g/mol. The molecule has 0 aliphatic carbocycles. The lowest BCUT2D eigenvalue weighted by atomic mass is 9.84. The summed E-state index contributed by atoms with van der Waals surface area (Å²) in [7, 11) is 0. The Labute approximate surface area is 265 Å². The van der Waals surface area contributed by atoms with Crippen LogP contribution >= 0.6 is 11.6 Å². The number of benzene rings is 4. The molecule has 0 saturated carbocycles. The van der Waals surface area contributed by atoms with Gasteiger partial charge in [-0.25, -0.2) is 0 Å². The van der Waals surface area contributed by atoms with Crippen LogP contribution in [0.25, 0.3) is 11.1 Å². The summed E-state index contributed by atoms with van der Waals surface area (Å²) in [5.74, 6) is 0.0848. The molecule has 0 amide bonds. The molecule has 4 N–H and O–H groups in total. The summed E-state index contributed by atoms with van der Waals surface area (Å²) in [6, 6.07) is 32.2. The molecule has 4 aromatic rings. The van der Waals surface area contributed by atoms with Crippen molar-refractivity contribution in [1.29, 1.82) is 0 Å². The van der Waals surface area contributed by atoms with Crippen LogP contribution in [0.5, 0.6) is 0 Å². The summed E-state index contributed by atoms with van der Waals surface area (Å²) < 4.78 is 13.4. The number of ether oxygens (including phenoxy) is 2. The number of nitrogens with two attached hydrogens (primary N) is 1. The van der Waals surface area contributed by atoms with Gasteiger partial charge in [0.15, 0.2) is 6.29 Å². The van der Waals surface area contributed by atoms with Gasteiger partial charge in [0.1, 0.15) is 0 Å². The van der Waals surface area contributed by atoms with Crippen LogP contribution in [0, 0.1) is 5.92 Å². The fraction of sp³-hybridized carbons (Fsp3) is 0.351. The summed E-state index contributed by atoms with van der Waals surface area (Å²) in [5.41, 5.74) is 12.2. The smallest absolute Gasteiger partial charge is 0.184 e. The third kappa shape index (κ3) is 6.77. The van der Waals surface area contributed by atoms with Crippen LogP contribution < -0.4 is 5.73 Å². The van der Waals surface area contributed by atoms with Gasteiger partial charge in [-0.1, -0.05) is 97.4 Å². The predicted molar refractivity (Wildman–Crippen MR) is 174 cm³/mol. The first-order chi connectivity index (χ1) is 21.3. The van der Waals surface area contributed by atoms with E-state index in [0.29, 0.717) is 24.4 Å². The fourth-order valence-electron chi connectivity index (χ4n) is 6.45. The molecule has 2 aliphatic heterocycles. The number of piperidine rings is 1. The van der Waals surface area contributed by atoms with Gasteiger partial charge in [0.25, 0.3) is 0 Å². The molecule has 6 rings (SSSR count). The third-order valence-corrected chi connectivity index (χ3v) is 9.56. The first kappa shape index (κ1) is 30.9. The minimum atomic E-state index is -0.853. The molecule has 4 aromatic carbocycles. The van der Waals surface area contributed by atoms with Crippen molar-refractivity contribution < 1.29 is 19.7 Å². The lowest BCUT2D eigenvalue weighted by molar-refractivity contribution is -0.277. The Morgan fingerprint density at radius 1 is 0.841 bits per heavy atom. The van der Waals surface area contributed by atoms with Crippen LogP contribution in [0.1, 0.15) is 60.0 Å². The van der Waals surface area contributed by atoms with Gasteiger partial charge in [-0.15, -0.1) is 0 Å². The van der Waals surface area contributed by atoms with E-state index >= 15 is 0 Å². The van der Waals surface area contributed by atoms with E-state index in [1.54, 1.807) is 0 Å². The molecule has 0 aromatic heterocycles. The molecule has 0 bridgehead atoms. The van der Waals surface area contributed by atoms with Crippen LogP contribution in [-0.2, 0) is 28.2 Å². The van der Waals surface area contributed by atoms with Gasteiger partial charge < -0.3 is 30.3 Å². The van der Waals surface area contributed by atoms with Gasteiger partial charge in [0, 0.05) is 42.7 Å². The van der Waals surface area contributed by atoms with E-state index in [4.69, 9.17) is 26.8 Å². The standard InChI is InChI=1S/C37H41ClN2O4/c1-25-34(23-40-19-17-37(42,18-20-40)32-13-15-33(38)16-14-32)43-36(44-35(25)29-7-5-26(24-41)6-8-29)30-11-9-28(10-12-30)31-4-2-3-27(21-31)22-39/h2-16,21,25,34-36,41-42H,17-20,22-24,39H2,1H3/t25-,34+,35+,36+/m1/s1. The topological polar surface area (TPSA) is 88.2 Å². The highest BCUT2D eigenvalue weighted by atomic mass is 35.5. The predicted octanol–water partition coefficient (Wildman–Crippen LogP) is 6.73. The zero-order valence-corrected chi connectivity index (χ0v) is 25.9. The fourth-order valence-corrected chi connectivity index (χ4v) is 6.57. The summed E-state index contributed by atoms with van der Waals surface area (Å²) in [5, 5.41) is 21.7. The molecule has 7 heteroatoms. The van der Waals surface area contributed by atoms with Gasteiger partial charge in [0.2, 0.25) is 0 Å². The number of nitrogens with zero attached hydrogens (tertiary/aromatic N) is 1. The van der Waals surface area contributed by atoms with Crippen LogP contribution in [0.3, 0.4) is 0 Å². The number of rotatable bonds is 8. The van der Waals surface area contributed by atoms with E-state index < -0.39 is 11.9 Å². The Morgan fingerprint density at radius 2 is 1.52 bits per heavy atom. The number of hydrogen-bond acceptors (Lipinski definition) is 6. The highest BCUT2D eigenvalue weighted by Gasteiger charge is 2.41. The third-order valence-electron chi connectivity index (χ3n) is 9.31. The molecule has 0 radical (unpaired) electrons. The van der Waals surface area contributed by atoms with Crippen molar-refractivity contribution in [3.05, 3.63) is 130 Å². The minimum Gasteiger partial charge on any atom is -0.392 e. The summed E-state index contributed by atoms with van der Waals surface area (Å²) in [6.07, 6.45) is 0.504. The van der Waals surface area contributed by atoms with E-state index in [0.717, 1.165) is 58.6 Å². The van der Waals surface area contributed by atoms with Crippen LogP contribution in [0.2, 0.25) is 5.02 Å². The largest absolute Gasteiger partial charge is 0.392 e. The van der Waals surface area contributed by atoms with Gasteiger partial charge >= 0.3 is 0 Å². The second-order valence-corrected chi connectivity index (χ2v) is 12.6. The Balaban J connectivity index is 1.20. The van der Waals surface area contributed by atoms with Gasteiger partial charge in [0.05, 0.1) is 24.4 Å². The summed E-state index contributed by atoms with van der Waals surface area (Å²) >= 11 is 6.09. The first-order valence-electron chi connectivity index (χ1n) is 15.5. The number of aliphatic hydroxyl groups excluding tert-OH is 1. The molecule has 230 valence electrons. The molecule has 2 aliphatic rings. The molecule has 2 heterocycles. The van der Waals surface area contributed by atoms with Crippen molar-refractivity contribution in [3.63, 3.8) is 0 Å². The van der Waals surface area contributed by atoms with E-state index in [9.17, 15) is 10.2 Å². The van der Waals surface area contributed by atoms with Crippen LogP contribution in [0.15, 0.2) is 97.1 Å². The molecule has 4 atom stereocenters. The summed E-state index contributed by atoms with van der Waals surface area (Å²) in [4.78, 5) is 2.40. The van der Waals surface area contributed by atoms with Crippen molar-refractivity contribution in [1.82, 2.24) is 4.90 Å². The van der Waals surface area contributed by atoms with Crippen LogP contribution in [0.4, 0.5) is 0 Å². The summed E-state index contributed by atoms with van der Waals surface area (Å²) in [6.45, 7) is 4.98. The average molecular weight is 613 g/mol. The maximum absolute atomic E-state index is 11.4. The van der Waals surface area contributed by atoms with Crippen molar-refractivity contribution in [2.24, 2.45) is 11.7 Å². The number of halogens is 1. The average Bonchev–Trinajstić information content (AvgIpc) is 3.07. The van der Waals surface area contributed by atoms with Crippen molar-refractivity contribution >= 4 is 11.6 Å². The van der Waals surface area contributed by atoms with E-state index in [1.807, 2.05) is 60.7 Å². The zero-order valence-electron chi connectivity index (χ0n) is 25.1. The number of likely N-dealkylation sites (tertiary alicyclic amines) is 1. The lowest BCUT2D eigenvalue weighted by Gasteiger charge is -2.45.